The molecule has 1 aromatic rings. The third kappa shape index (κ3) is 2.81. The summed E-state index contributed by atoms with van der Waals surface area (Å²) in [5.41, 5.74) is 0. The molecule has 1 rings (SSSR count). The number of carbonyl (C=O) groups is 1. The Morgan fingerprint density at radius 3 is 3.00 bits per heavy atom. The molecule has 0 fully saturated rings. The van der Waals surface area contributed by atoms with Crippen LogP contribution < -0.4 is 0 Å². The van der Waals surface area contributed by atoms with Crippen LogP contribution >= 0.6 is 0 Å². The number of methoxy groups -OCH3 is 1. The van der Waals surface area contributed by atoms with Crippen LogP contribution in [0.5, 0.6) is 0 Å². The number of aliphatic carboxylic acids is 1. The molecule has 0 aliphatic heterocycles. The van der Waals surface area contributed by atoms with Crippen LogP contribution in [-0.2, 0) is 16.0 Å². The minimum Gasteiger partial charge on any atom is -0.481 e. The molecule has 0 saturated heterocycles. The van der Waals surface area contributed by atoms with Crippen molar-refractivity contribution in [3.05, 3.63) is 11.7 Å². The van der Waals surface area contributed by atoms with Crippen LogP contribution in [0.25, 0.3) is 0 Å². The second-order valence-corrected chi connectivity index (χ2v) is 2.82. The van der Waals surface area contributed by atoms with E-state index >= 15 is 0 Å². The van der Waals surface area contributed by atoms with Gasteiger partial charge in [0.05, 0.1) is 6.42 Å². The van der Waals surface area contributed by atoms with Crippen molar-refractivity contribution in [3.8, 4) is 0 Å². The minimum atomic E-state index is -0.885. The molecule has 0 bridgehead atoms. The van der Waals surface area contributed by atoms with E-state index in [4.69, 9.17) is 14.4 Å². The predicted octanol–water partition coefficient (Wildman–Crippen LogP) is 0.794. The van der Waals surface area contributed by atoms with Crippen LogP contribution in [0.15, 0.2) is 4.52 Å². The maximum Gasteiger partial charge on any atom is 0.303 e. The van der Waals surface area contributed by atoms with E-state index in [2.05, 4.69) is 10.1 Å². The molecule has 0 radical (unpaired) electrons. The van der Waals surface area contributed by atoms with Crippen LogP contribution in [-0.4, -0.2) is 28.3 Å². The predicted molar refractivity (Wildman–Crippen MR) is 45.7 cm³/mol. The largest absolute Gasteiger partial charge is 0.481 e. The number of nitrogens with zero attached hydrogens (tertiary/aromatic N) is 2. The van der Waals surface area contributed by atoms with Crippen molar-refractivity contribution in [2.24, 2.45) is 0 Å². The summed E-state index contributed by atoms with van der Waals surface area (Å²) < 4.78 is 9.81. The topological polar surface area (TPSA) is 85.5 Å². The fourth-order valence-corrected chi connectivity index (χ4v) is 0.854. The highest BCUT2D eigenvalue weighted by Gasteiger charge is 2.13. The highest BCUT2D eigenvalue weighted by molar-refractivity contribution is 5.66. The van der Waals surface area contributed by atoms with Gasteiger partial charge in [-0.2, -0.15) is 4.98 Å². The lowest BCUT2D eigenvalue weighted by Gasteiger charge is -2.00. The van der Waals surface area contributed by atoms with Gasteiger partial charge < -0.3 is 14.4 Å². The summed E-state index contributed by atoms with van der Waals surface area (Å²) in [5, 5.41) is 12.1. The van der Waals surface area contributed by atoms with Gasteiger partial charge >= 0.3 is 5.97 Å². The first kappa shape index (κ1) is 10.6. The summed E-state index contributed by atoms with van der Waals surface area (Å²) in [6.07, 6.45) is -0.000724. The average molecular weight is 200 g/mol. The van der Waals surface area contributed by atoms with Gasteiger partial charge in [0.15, 0.2) is 5.82 Å². The monoisotopic (exact) mass is 200 g/mol. The van der Waals surface area contributed by atoms with Crippen molar-refractivity contribution in [1.29, 1.82) is 0 Å². The number of ether oxygens (including phenoxy) is 1. The van der Waals surface area contributed by atoms with E-state index < -0.39 is 5.97 Å². The quantitative estimate of drug-likeness (QED) is 0.756. The maximum atomic E-state index is 10.3. The van der Waals surface area contributed by atoms with Gasteiger partial charge in [-0.1, -0.05) is 5.16 Å². The molecular formula is C8H12N2O4. The molecule has 0 amide bonds. The van der Waals surface area contributed by atoms with E-state index in [1.165, 1.54) is 7.11 Å². The van der Waals surface area contributed by atoms with Crippen molar-refractivity contribution in [1.82, 2.24) is 10.1 Å². The fourth-order valence-electron chi connectivity index (χ4n) is 0.854. The van der Waals surface area contributed by atoms with Gasteiger partial charge in [-0.15, -0.1) is 0 Å². The molecule has 1 atom stereocenters. The van der Waals surface area contributed by atoms with Crippen molar-refractivity contribution >= 4 is 5.97 Å². The third-order valence-corrected chi connectivity index (χ3v) is 1.75. The average Bonchev–Trinajstić information content (AvgIpc) is 2.62. The first-order valence-corrected chi connectivity index (χ1v) is 4.20. The van der Waals surface area contributed by atoms with Crippen molar-refractivity contribution in [2.75, 3.05) is 7.11 Å². The molecule has 1 heterocycles. The van der Waals surface area contributed by atoms with Crippen LogP contribution in [0, 0.1) is 0 Å². The normalized spacial score (nSPS) is 12.7. The lowest BCUT2D eigenvalue weighted by Crippen LogP contribution is -2.00. The number of aryl methyl sites for hydroxylation is 1. The fraction of sp³-hybridized carbons (Fsp3) is 0.625. The van der Waals surface area contributed by atoms with E-state index in [0.717, 1.165) is 0 Å². The van der Waals surface area contributed by atoms with Crippen molar-refractivity contribution < 1.29 is 19.2 Å². The molecule has 78 valence electrons. The smallest absolute Gasteiger partial charge is 0.303 e. The highest BCUT2D eigenvalue weighted by Crippen LogP contribution is 2.11. The van der Waals surface area contributed by atoms with Crippen molar-refractivity contribution in [2.45, 2.75) is 25.9 Å². The molecule has 1 unspecified atom stereocenters. The molecule has 1 aromatic heterocycles. The lowest BCUT2D eigenvalue weighted by atomic mass is 10.3. The molecular weight excluding hydrogens is 188 g/mol. The van der Waals surface area contributed by atoms with Gasteiger partial charge in [-0.3, -0.25) is 4.79 Å². The van der Waals surface area contributed by atoms with Crippen LogP contribution in [0.4, 0.5) is 0 Å². The van der Waals surface area contributed by atoms with Gasteiger partial charge in [0.25, 0.3) is 0 Å². The molecule has 0 spiro atoms. The molecule has 0 aromatic carbocycles. The number of aromatic nitrogens is 2. The Bertz CT molecular complexity index is 310. The summed E-state index contributed by atoms with van der Waals surface area (Å²) >= 11 is 0. The number of rotatable bonds is 5. The Labute approximate surface area is 80.9 Å². The molecule has 6 heteroatoms. The van der Waals surface area contributed by atoms with Crippen LogP contribution in [0.3, 0.4) is 0 Å². The van der Waals surface area contributed by atoms with E-state index in [0.29, 0.717) is 11.7 Å². The van der Waals surface area contributed by atoms with E-state index in [1.807, 2.05) is 0 Å². The number of carboxylic acid groups (broad SMARTS) is 1. The van der Waals surface area contributed by atoms with E-state index in [1.54, 1.807) is 6.92 Å². The summed E-state index contributed by atoms with van der Waals surface area (Å²) in [4.78, 5) is 14.2. The molecule has 1 N–H and O–H groups in total. The number of hydrogen-bond acceptors (Lipinski definition) is 5. The Balaban J connectivity index is 2.54. The molecule has 0 aliphatic rings. The Morgan fingerprint density at radius 2 is 2.43 bits per heavy atom. The molecule has 0 saturated carbocycles. The Kier molecular flexibility index (Phi) is 3.58. The summed E-state index contributed by atoms with van der Waals surface area (Å²) in [7, 11) is 1.54. The van der Waals surface area contributed by atoms with E-state index in [9.17, 15) is 4.79 Å². The lowest BCUT2D eigenvalue weighted by molar-refractivity contribution is -0.137. The van der Waals surface area contributed by atoms with Gasteiger partial charge in [0.1, 0.15) is 6.10 Å². The summed E-state index contributed by atoms with van der Waals surface area (Å²) in [6.45, 7) is 1.78. The van der Waals surface area contributed by atoms with Crippen LogP contribution in [0.1, 0.15) is 31.2 Å². The van der Waals surface area contributed by atoms with Gasteiger partial charge in [0.2, 0.25) is 5.89 Å². The third-order valence-electron chi connectivity index (χ3n) is 1.75. The van der Waals surface area contributed by atoms with Gasteiger partial charge in [0, 0.05) is 13.5 Å². The van der Waals surface area contributed by atoms with E-state index in [-0.39, 0.29) is 18.9 Å². The molecule has 6 nitrogen and oxygen atoms in total. The summed E-state index contributed by atoms with van der Waals surface area (Å²) in [6, 6.07) is 0. The zero-order chi connectivity index (χ0) is 10.6. The first-order valence-electron chi connectivity index (χ1n) is 4.20. The minimum absolute atomic E-state index is 0.0109. The number of hydrogen-bond donors (Lipinski definition) is 1. The second-order valence-electron chi connectivity index (χ2n) is 2.82. The highest BCUT2D eigenvalue weighted by atomic mass is 16.5. The Hall–Kier alpha value is -1.43. The van der Waals surface area contributed by atoms with Gasteiger partial charge in [-0.05, 0) is 6.92 Å². The zero-order valence-electron chi connectivity index (χ0n) is 8.06. The summed E-state index contributed by atoms with van der Waals surface area (Å²) in [5.74, 6) is -0.122. The Morgan fingerprint density at radius 1 is 1.71 bits per heavy atom. The van der Waals surface area contributed by atoms with Crippen LogP contribution in [0.2, 0.25) is 0 Å². The van der Waals surface area contributed by atoms with Crippen molar-refractivity contribution in [3.63, 3.8) is 0 Å². The first-order chi connectivity index (χ1) is 6.63. The SMILES string of the molecule is COC(C)c1noc(CCC(=O)O)n1. The zero-order valence-corrected chi connectivity index (χ0v) is 8.06. The maximum absolute atomic E-state index is 10.3. The molecule has 14 heavy (non-hydrogen) atoms. The number of carboxylic acids is 1. The standard InChI is InChI=1S/C8H12N2O4/c1-5(13-2)8-9-6(14-10-8)3-4-7(11)12/h5H,3-4H2,1-2H3,(H,11,12). The molecule has 0 aliphatic carbocycles. The van der Waals surface area contributed by atoms with Gasteiger partial charge in [-0.25, -0.2) is 0 Å². The second kappa shape index (κ2) is 4.71.